The maximum Gasteiger partial charge on any atom is 0.134 e. The monoisotopic (exact) mass is 316 g/mol. The minimum atomic E-state index is 0.518. The minimum absolute atomic E-state index is 0.518. The standard InChI is InChI=1S/C17H21ClN4/c1-13-4-3-5-15(10-13)12-21-6-8-22(9-7-21)17-11-16(18)19-14(2)20-17/h3-5,10-11H,6-9,12H2,1-2H3. The Bertz CT molecular complexity index is 631. The molecule has 1 aromatic heterocycles. The molecule has 1 fully saturated rings. The number of hydrogen-bond donors (Lipinski definition) is 0. The third-order valence-electron chi connectivity index (χ3n) is 3.98. The second-order valence-corrected chi connectivity index (χ2v) is 6.24. The van der Waals surface area contributed by atoms with Crippen LogP contribution in [0.1, 0.15) is 17.0 Å². The number of halogens is 1. The van der Waals surface area contributed by atoms with Gasteiger partial charge in [0.2, 0.25) is 0 Å². The Morgan fingerprint density at radius 3 is 2.50 bits per heavy atom. The lowest BCUT2D eigenvalue weighted by Gasteiger charge is -2.35. The molecule has 3 rings (SSSR count). The first kappa shape index (κ1) is 15.3. The SMILES string of the molecule is Cc1cccc(CN2CCN(c3cc(Cl)nc(C)n3)CC2)c1. The largest absolute Gasteiger partial charge is 0.354 e. The van der Waals surface area contributed by atoms with Crippen LogP contribution in [-0.4, -0.2) is 41.0 Å². The Morgan fingerprint density at radius 2 is 1.82 bits per heavy atom. The molecular weight excluding hydrogens is 296 g/mol. The summed E-state index contributed by atoms with van der Waals surface area (Å²) in [4.78, 5) is 13.4. The molecule has 1 aliphatic heterocycles. The first-order valence-corrected chi connectivity index (χ1v) is 8.02. The van der Waals surface area contributed by atoms with Crippen molar-refractivity contribution in [2.75, 3.05) is 31.1 Å². The molecule has 1 aromatic carbocycles. The van der Waals surface area contributed by atoms with Gasteiger partial charge >= 0.3 is 0 Å². The van der Waals surface area contributed by atoms with Crippen LogP contribution in [0.2, 0.25) is 5.15 Å². The Morgan fingerprint density at radius 1 is 1.05 bits per heavy atom. The molecule has 0 unspecified atom stereocenters. The van der Waals surface area contributed by atoms with Gasteiger partial charge in [-0.2, -0.15) is 0 Å². The van der Waals surface area contributed by atoms with Gasteiger partial charge in [0.25, 0.3) is 0 Å². The van der Waals surface area contributed by atoms with E-state index in [-0.39, 0.29) is 0 Å². The lowest BCUT2D eigenvalue weighted by molar-refractivity contribution is 0.249. The maximum absolute atomic E-state index is 6.03. The van der Waals surface area contributed by atoms with Crippen LogP contribution >= 0.6 is 11.6 Å². The summed E-state index contributed by atoms with van der Waals surface area (Å²) >= 11 is 6.03. The van der Waals surface area contributed by atoms with Crippen molar-refractivity contribution in [2.24, 2.45) is 0 Å². The van der Waals surface area contributed by atoms with Crippen molar-refractivity contribution < 1.29 is 0 Å². The van der Waals surface area contributed by atoms with Gasteiger partial charge in [-0.25, -0.2) is 9.97 Å². The summed E-state index contributed by atoms with van der Waals surface area (Å²) < 4.78 is 0. The van der Waals surface area contributed by atoms with Crippen LogP contribution in [0.4, 0.5) is 5.82 Å². The van der Waals surface area contributed by atoms with Crippen molar-refractivity contribution in [1.82, 2.24) is 14.9 Å². The number of nitrogens with zero attached hydrogens (tertiary/aromatic N) is 4. The number of rotatable bonds is 3. The van der Waals surface area contributed by atoms with Gasteiger partial charge in [-0.05, 0) is 19.4 Å². The van der Waals surface area contributed by atoms with E-state index in [0.29, 0.717) is 5.15 Å². The van der Waals surface area contributed by atoms with Crippen molar-refractivity contribution in [3.05, 3.63) is 52.4 Å². The number of anilines is 1. The number of piperazine rings is 1. The summed E-state index contributed by atoms with van der Waals surface area (Å²) in [6.07, 6.45) is 0. The van der Waals surface area contributed by atoms with Crippen LogP contribution in [0.5, 0.6) is 0 Å². The van der Waals surface area contributed by atoms with E-state index in [9.17, 15) is 0 Å². The lowest BCUT2D eigenvalue weighted by atomic mass is 10.1. The zero-order valence-electron chi connectivity index (χ0n) is 13.1. The fourth-order valence-electron chi connectivity index (χ4n) is 2.88. The number of aryl methyl sites for hydroxylation is 2. The third kappa shape index (κ3) is 3.76. The average Bonchev–Trinajstić information content (AvgIpc) is 2.47. The molecule has 0 atom stereocenters. The molecule has 2 aromatic rings. The van der Waals surface area contributed by atoms with Crippen molar-refractivity contribution >= 4 is 17.4 Å². The van der Waals surface area contributed by atoms with E-state index in [4.69, 9.17) is 11.6 Å². The minimum Gasteiger partial charge on any atom is -0.354 e. The third-order valence-corrected chi connectivity index (χ3v) is 4.17. The fraction of sp³-hybridized carbons (Fsp3) is 0.412. The molecule has 0 amide bonds. The van der Waals surface area contributed by atoms with E-state index in [1.807, 2.05) is 13.0 Å². The van der Waals surface area contributed by atoms with E-state index in [0.717, 1.165) is 44.4 Å². The molecule has 5 heteroatoms. The van der Waals surface area contributed by atoms with E-state index >= 15 is 0 Å². The molecule has 0 spiro atoms. The Hall–Kier alpha value is -1.65. The molecule has 0 N–H and O–H groups in total. The Labute approximate surface area is 136 Å². The summed E-state index contributed by atoms with van der Waals surface area (Å²) in [5.41, 5.74) is 2.71. The molecular formula is C17H21ClN4. The normalized spacial score (nSPS) is 16.0. The van der Waals surface area contributed by atoms with E-state index in [1.165, 1.54) is 11.1 Å². The summed E-state index contributed by atoms with van der Waals surface area (Å²) in [5, 5.41) is 0.518. The first-order chi connectivity index (χ1) is 10.6. The number of hydrogen-bond acceptors (Lipinski definition) is 4. The second kappa shape index (κ2) is 6.63. The Balaban J connectivity index is 1.60. The van der Waals surface area contributed by atoms with Crippen LogP contribution in [-0.2, 0) is 6.54 Å². The lowest BCUT2D eigenvalue weighted by Crippen LogP contribution is -2.46. The van der Waals surface area contributed by atoms with Crippen LogP contribution in [0, 0.1) is 13.8 Å². The van der Waals surface area contributed by atoms with Crippen LogP contribution in [0.25, 0.3) is 0 Å². The zero-order chi connectivity index (χ0) is 15.5. The molecule has 116 valence electrons. The average molecular weight is 317 g/mol. The van der Waals surface area contributed by atoms with Gasteiger partial charge in [0.1, 0.15) is 16.8 Å². The van der Waals surface area contributed by atoms with Gasteiger partial charge in [-0.3, -0.25) is 4.90 Å². The molecule has 22 heavy (non-hydrogen) atoms. The van der Waals surface area contributed by atoms with Gasteiger partial charge in [0.15, 0.2) is 0 Å². The highest BCUT2D eigenvalue weighted by molar-refractivity contribution is 6.29. The molecule has 1 aliphatic rings. The van der Waals surface area contributed by atoms with Crippen LogP contribution in [0.15, 0.2) is 30.3 Å². The molecule has 0 radical (unpaired) electrons. The van der Waals surface area contributed by atoms with Crippen molar-refractivity contribution in [3.63, 3.8) is 0 Å². The molecule has 0 saturated carbocycles. The zero-order valence-corrected chi connectivity index (χ0v) is 13.8. The number of aromatic nitrogens is 2. The van der Waals surface area contributed by atoms with Gasteiger partial charge in [-0.1, -0.05) is 41.4 Å². The quantitative estimate of drug-likeness (QED) is 0.815. The predicted molar refractivity (Wildman–Crippen MR) is 90.4 cm³/mol. The van der Waals surface area contributed by atoms with Gasteiger partial charge < -0.3 is 4.90 Å². The van der Waals surface area contributed by atoms with Gasteiger partial charge in [0, 0.05) is 38.8 Å². The molecule has 0 bridgehead atoms. The molecule has 4 nitrogen and oxygen atoms in total. The highest BCUT2D eigenvalue weighted by Gasteiger charge is 2.18. The topological polar surface area (TPSA) is 32.3 Å². The van der Waals surface area contributed by atoms with Gasteiger partial charge in [0.05, 0.1) is 0 Å². The molecule has 0 aliphatic carbocycles. The summed E-state index contributed by atoms with van der Waals surface area (Å²) in [7, 11) is 0. The summed E-state index contributed by atoms with van der Waals surface area (Å²) in [5.74, 6) is 1.66. The predicted octanol–water partition coefficient (Wildman–Crippen LogP) is 3.07. The smallest absolute Gasteiger partial charge is 0.134 e. The fourth-order valence-corrected chi connectivity index (χ4v) is 3.10. The Kier molecular flexibility index (Phi) is 4.60. The van der Waals surface area contributed by atoms with E-state index in [2.05, 4.69) is 51.0 Å². The highest BCUT2D eigenvalue weighted by Crippen LogP contribution is 2.18. The van der Waals surface area contributed by atoms with E-state index in [1.54, 1.807) is 0 Å². The summed E-state index contributed by atoms with van der Waals surface area (Å²) in [6, 6.07) is 10.6. The van der Waals surface area contributed by atoms with Gasteiger partial charge in [-0.15, -0.1) is 0 Å². The maximum atomic E-state index is 6.03. The van der Waals surface area contributed by atoms with Crippen molar-refractivity contribution in [3.8, 4) is 0 Å². The van der Waals surface area contributed by atoms with Crippen LogP contribution in [0.3, 0.4) is 0 Å². The van der Waals surface area contributed by atoms with Crippen LogP contribution < -0.4 is 4.90 Å². The molecule has 2 heterocycles. The molecule has 1 saturated heterocycles. The first-order valence-electron chi connectivity index (χ1n) is 7.64. The van der Waals surface area contributed by atoms with Crippen molar-refractivity contribution in [1.29, 1.82) is 0 Å². The highest BCUT2D eigenvalue weighted by atomic mass is 35.5. The second-order valence-electron chi connectivity index (χ2n) is 5.85. The van der Waals surface area contributed by atoms with Crippen molar-refractivity contribution in [2.45, 2.75) is 20.4 Å². The van der Waals surface area contributed by atoms with E-state index < -0.39 is 0 Å². The number of benzene rings is 1. The summed E-state index contributed by atoms with van der Waals surface area (Å²) in [6.45, 7) is 9.05.